The Kier molecular flexibility index (Phi) is 6.75. The number of carbonyl (C=O) groups is 2. The number of hydrogen-bond acceptors (Lipinski definition) is 4. The smallest absolute Gasteiger partial charge is 0.317 e. The summed E-state index contributed by atoms with van der Waals surface area (Å²) in [5, 5.41) is 8.91. The Morgan fingerprint density at radius 1 is 1.40 bits per heavy atom. The Hall–Kier alpha value is -2.15. The Morgan fingerprint density at radius 3 is 2.84 bits per heavy atom. The lowest BCUT2D eigenvalue weighted by Gasteiger charge is -2.26. The summed E-state index contributed by atoms with van der Waals surface area (Å²) in [6, 6.07) is 5.88. The highest BCUT2D eigenvalue weighted by atomic mass is 19.1. The van der Waals surface area contributed by atoms with E-state index in [4.69, 9.17) is 9.84 Å². The molecule has 0 saturated carbocycles. The van der Waals surface area contributed by atoms with E-state index in [0.717, 1.165) is 19.3 Å². The molecule has 25 heavy (non-hydrogen) atoms. The van der Waals surface area contributed by atoms with Crippen LogP contribution in [0.15, 0.2) is 24.3 Å². The van der Waals surface area contributed by atoms with Crippen molar-refractivity contribution in [1.29, 1.82) is 0 Å². The highest BCUT2D eigenvalue weighted by Gasteiger charge is 2.27. The second-order valence-electron chi connectivity index (χ2n) is 6.44. The molecule has 1 aromatic carbocycles. The molecular weight excluding hydrogens is 327 g/mol. The van der Waals surface area contributed by atoms with Gasteiger partial charge in [0.1, 0.15) is 11.6 Å². The van der Waals surface area contributed by atoms with Crippen molar-refractivity contribution in [3.8, 4) is 5.75 Å². The third-order valence-corrected chi connectivity index (χ3v) is 4.47. The molecule has 1 aromatic rings. The number of ether oxygens (including phenoxy) is 1. The van der Waals surface area contributed by atoms with E-state index >= 15 is 0 Å². The van der Waals surface area contributed by atoms with Gasteiger partial charge in [-0.2, -0.15) is 0 Å². The van der Waals surface area contributed by atoms with Gasteiger partial charge < -0.3 is 14.7 Å². The predicted octanol–water partition coefficient (Wildman–Crippen LogP) is 1.99. The molecule has 0 unspecified atom stereocenters. The van der Waals surface area contributed by atoms with Crippen LogP contribution in [0.3, 0.4) is 0 Å². The van der Waals surface area contributed by atoms with Crippen LogP contribution in [-0.4, -0.2) is 65.6 Å². The van der Waals surface area contributed by atoms with Crippen LogP contribution in [-0.2, 0) is 9.59 Å². The lowest BCUT2D eigenvalue weighted by molar-refractivity contribution is -0.139. The van der Waals surface area contributed by atoms with Crippen LogP contribution in [0.5, 0.6) is 5.75 Å². The first kappa shape index (κ1) is 19.2. The number of hydrogen-bond donors (Lipinski definition) is 1. The summed E-state index contributed by atoms with van der Waals surface area (Å²) in [4.78, 5) is 27.0. The van der Waals surface area contributed by atoms with Gasteiger partial charge in [0.25, 0.3) is 5.91 Å². The lowest BCUT2D eigenvalue weighted by atomic mass is 10.1. The third kappa shape index (κ3) is 5.70. The first-order chi connectivity index (χ1) is 11.9. The molecule has 138 valence electrons. The fourth-order valence-electron chi connectivity index (χ4n) is 3.13. The Balaban J connectivity index is 1.90. The van der Waals surface area contributed by atoms with Crippen molar-refractivity contribution in [2.45, 2.75) is 38.3 Å². The lowest BCUT2D eigenvalue weighted by Crippen LogP contribution is -2.42. The number of likely N-dealkylation sites (N-methyl/N-ethyl adjacent to an activating group) is 1. The maximum absolute atomic E-state index is 13.2. The maximum atomic E-state index is 13.2. The van der Waals surface area contributed by atoms with Gasteiger partial charge in [-0.3, -0.25) is 14.5 Å². The third-order valence-electron chi connectivity index (χ3n) is 4.47. The first-order valence-corrected chi connectivity index (χ1v) is 8.50. The summed E-state index contributed by atoms with van der Waals surface area (Å²) in [5.74, 6) is -1.06. The number of likely N-dealkylation sites (tertiary alicyclic amines) is 1. The predicted molar refractivity (Wildman–Crippen MR) is 91.0 cm³/mol. The highest BCUT2D eigenvalue weighted by Crippen LogP contribution is 2.18. The van der Waals surface area contributed by atoms with Crippen molar-refractivity contribution in [2.24, 2.45) is 0 Å². The Bertz CT molecular complexity index is 610. The zero-order valence-electron chi connectivity index (χ0n) is 14.7. The average Bonchev–Trinajstić information content (AvgIpc) is 2.79. The van der Waals surface area contributed by atoms with Crippen LogP contribution in [0.1, 0.15) is 26.2 Å². The second-order valence-corrected chi connectivity index (χ2v) is 6.44. The number of rotatable bonds is 6. The monoisotopic (exact) mass is 352 g/mol. The molecule has 1 N–H and O–H groups in total. The molecule has 1 saturated heterocycles. The van der Waals surface area contributed by atoms with Crippen LogP contribution in [0.25, 0.3) is 0 Å². The van der Waals surface area contributed by atoms with E-state index in [0.29, 0.717) is 18.8 Å². The molecule has 7 heteroatoms. The van der Waals surface area contributed by atoms with E-state index in [1.165, 1.54) is 18.2 Å². The van der Waals surface area contributed by atoms with Crippen molar-refractivity contribution in [1.82, 2.24) is 9.80 Å². The fraction of sp³-hybridized carbons (Fsp3) is 0.556. The van der Waals surface area contributed by atoms with Crippen molar-refractivity contribution in [3.05, 3.63) is 30.1 Å². The van der Waals surface area contributed by atoms with Crippen molar-refractivity contribution in [2.75, 3.05) is 26.7 Å². The summed E-state index contributed by atoms with van der Waals surface area (Å²) in [5.41, 5.74) is 0. The van der Waals surface area contributed by atoms with E-state index in [9.17, 15) is 14.0 Å². The number of carboxylic acid groups (broad SMARTS) is 1. The normalized spacial score (nSPS) is 19.4. The summed E-state index contributed by atoms with van der Waals surface area (Å²) in [6.45, 7) is 2.83. The number of carboxylic acids is 1. The molecule has 1 heterocycles. The van der Waals surface area contributed by atoms with E-state index in [2.05, 4.69) is 0 Å². The molecule has 1 aliphatic rings. The fourth-order valence-corrected chi connectivity index (χ4v) is 3.13. The molecule has 6 nitrogen and oxygen atoms in total. The second kappa shape index (κ2) is 8.80. The van der Waals surface area contributed by atoms with Crippen molar-refractivity contribution >= 4 is 11.9 Å². The average molecular weight is 352 g/mol. The van der Waals surface area contributed by atoms with E-state index in [1.807, 2.05) is 4.90 Å². The van der Waals surface area contributed by atoms with Crippen LogP contribution < -0.4 is 4.74 Å². The molecule has 1 amide bonds. The van der Waals surface area contributed by atoms with E-state index < -0.39 is 17.9 Å². The van der Waals surface area contributed by atoms with Crippen LogP contribution in [0.2, 0.25) is 0 Å². The van der Waals surface area contributed by atoms with Gasteiger partial charge in [-0.1, -0.05) is 6.07 Å². The molecule has 2 rings (SSSR count). The SMILES string of the molecule is C[C@@H](Oc1cccc(F)c1)C(=O)N1CCC[C@@H](N(C)CC(=O)O)CC1. The van der Waals surface area contributed by atoms with Crippen LogP contribution in [0, 0.1) is 5.82 Å². The Morgan fingerprint density at radius 2 is 2.16 bits per heavy atom. The molecule has 0 bridgehead atoms. The van der Waals surface area contributed by atoms with Gasteiger partial charge >= 0.3 is 5.97 Å². The summed E-state index contributed by atoms with van der Waals surface area (Å²) in [6.07, 6.45) is 1.69. The standard InChI is InChI=1S/C18H25FN2O4/c1-13(25-16-7-3-5-14(19)11-16)18(24)21-9-4-6-15(8-10-21)20(2)12-17(22)23/h3,5,7,11,13,15H,4,6,8-10,12H2,1-2H3,(H,22,23)/t13-,15-/m1/s1. The van der Waals surface area contributed by atoms with E-state index in [-0.39, 0.29) is 18.5 Å². The summed E-state index contributed by atoms with van der Waals surface area (Å²) in [7, 11) is 1.80. The molecule has 0 spiro atoms. The highest BCUT2D eigenvalue weighted by molar-refractivity contribution is 5.81. The minimum absolute atomic E-state index is 0.00228. The van der Waals surface area contributed by atoms with Crippen molar-refractivity contribution < 1.29 is 23.8 Å². The topological polar surface area (TPSA) is 70.1 Å². The number of halogens is 1. The van der Waals surface area contributed by atoms with Gasteiger partial charge in [0.05, 0.1) is 6.54 Å². The minimum Gasteiger partial charge on any atom is -0.481 e. The molecule has 0 aromatic heterocycles. The van der Waals surface area contributed by atoms with Gasteiger partial charge in [0, 0.05) is 25.2 Å². The largest absolute Gasteiger partial charge is 0.481 e. The number of amides is 1. The number of nitrogens with zero attached hydrogens (tertiary/aromatic N) is 2. The maximum Gasteiger partial charge on any atom is 0.317 e. The molecule has 0 aliphatic carbocycles. The van der Waals surface area contributed by atoms with Gasteiger partial charge in [0.15, 0.2) is 6.10 Å². The Labute approximate surface area is 147 Å². The number of aliphatic carboxylic acids is 1. The molecule has 1 fully saturated rings. The number of carbonyl (C=O) groups excluding carboxylic acids is 1. The number of benzene rings is 1. The zero-order valence-corrected chi connectivity index (χ0v) is 14.7. The van der Waals surface area contributed by atoms with Crippen LogP contribution in [0.4, 0.5) is 4.39 Å². The molecule has 1 aliphatic heterocycles. The zero-order chi connectivity index (χ0) is 18.4. The van der Waals surface area contributed by atoms with Crippen molar-refractivity contribution in [3.63, 3.8) is 0 Å². The summed E-state index contributed by atoms with van der Waals surface area (Å²) < 4.78 is 18.8. The van der Waals surface area contributed by atoms with Crippen LogP contribution >= 0.6 is 0 Å². The molecule has 2 atom stereocenters. The molecule has 0 radical (unpaired) electrons. The van der Waals surface area contributed by atoms with Gasteiger partial charge in [-0.05, 0) is 45.4 Å². The van der Waals surface area contributed by atoms with Gasteiger partial charge in [0.2, 0.25) is 0 Å². The summed E-state index contributed by atoms with van der Waals surface area (Å²) >= 11 is 0. The quantitative estimate of drug-likeness (QED) is 0.848. The minimum atomic E-state index is -0.850. The van der Waals surface area contributed by atoms with Gasteiger partial charge in [-0.25, -0.2) is 4.39 Å². The molecular formula is C18H25FN2O4. The first-order valence-electron chi connectivity index (χ1n) is 8.50. The van der Waals surface area contributed by atoms with E-state index in [1.54, 1.807) is 24.9 Å². The van der Waals surface area contributed by atoms with Gasteiger partial charge in [-0.15, -0.1) is 0 Å².